The van der Waals surface area contributed by atoms with Crippen LogP contribution in [0.1, 0.15) is 44.4 Å². The van der Waals surface area contributed by atoms with Crippen molar-refractivity contribution in [3.8, 4) is 0 Å². The summed E-state index contributed by atoms with van der Waals surface area (Å²) in [5.41, 5.74) is 8.94. The number of rotatable bonds is 5. The maximum atomic E-state index is 13.1. The zero-order valence-electron chi connectivity index (χ0n) is 14.2. The summed E-state index contributed by atoms with van der Waals surface area (Å²) >= 11 is 0. The van der Waals surface area contributed by atoms with E-state index in [9.17, 15) is 8.42 Å². The fourth-order valence-electron chi connectivity index (χ4n) is 2.64. The van der Waals surface area contributed by atoms with Crippen molar-refractivity contribution in [1.29, 1.82) is 0 Å². The third-order valence-electron chi connectivity index (χ3n) is 3.65. The molecule has 21 heavy (non-hydrogen) atoms. The van der Waals surface area contributed by atoms with Crippen molar-refractivity contribution in [2.75, 3.05) is 12.3 Å². The molecule has 0 saturated heterocycles. The van der Waals surface area contributed by atoms with Crippen LogP contribution < -0.4 is 5.73 Å². The largest absolute Gasteiger partial charge is 0.398 e. The number of anilines is 1. The van der Waals surface area contributed by atoms with Crippen molar-refractivity contribution in [1.82, 2.24) is 4.31 Å². The molecule has 0 atom stereocenters. The molecule has 1 aromatic rings. The molecular formula is C16H28N2O2S. The highest BCUT2D eigenvalue weighted by molar-refractivity contribution is 7.89. The molecule has 120 valence electrons. The molecule has 0 spiro atoms. The summed E-state index contributed by atoms with van der Waals surface area (Å²) < 4.78 is 27.7. The third-order valence-corrected chi connectivity index (χ3v) is 5.98. The Hall–Kier alpha value is -1.07. The lowest BCUT2D eigenvalue weighted by molar-refractivity contribution is 0.318. The predicted octanol–water partition coefficient (Wildman–Crippen LogP) is 3.25. The van der Waals surface area contributed by atoms with Crippen LogP contribution in [0.5, 0.6) is 0 Å². The van der Waals surface area contributed by atoms with Crippen molar-refractivity contribution < 1.29 is 8.42 Å². The summed E-state index contributed by atoms with van der Waals surface area (Å²) in [6, 6.07) is 1.77. The van der Waals surface area contributed by atoms with Gasteiger partial charge in [0.2, 0.25) is 10.0 Å². The molecule has 0 aromatic heterocycles. The Morgan fingerprint density at radius 1 is 1.10 bits per heavy atom. The summed E-state index contributed by atoms with van der Waals surface area (Å²) in [7, 11) is -3.54. The van der Waals surface area contributed by atoms with Gasteiger partial charge in [0, 0.05) is 18.3 Å². The average molecular weight is 312 g/mol. The first kappa shape index (κ1) is 18.0. The highest BCUT2D eigenvalue weighted by Crippen LogP contribution is 2.31. The first-order chi connectivity index (χ1) is 9.50. The smallest absolute Gasteiger partial charge is 0.243 e. The Kier molecular flexibility index (Phi) is 5.45. The summed E-state index contributed by atoms with van der Waals surface area (Å²) in [6.45, 7) is 13.9. The van der Waals surface area contributed by atoms with Gasteiger partial charge >= 0.3 is 0 Å². The molecular weight excluding hydrogens is 284 g/mol. The first-order valence-electron chi connectivity index (χ1n) is 7.38. The number of nitrogens with two attached hydrogens (primary N) is 1. The average Bonchev–Trinajstić information content (AvgIpc) is 2.32. The van der Waals surface area contributed by atoms with Crippen LogP contribution in [-0.4, -0.2) is 25.3 Å². The quantitative estimate of drug-likeness (QED) is 0.849. The van der Waals surface area contributed by atoms with Gasteiger partial charge in [-0.3, -0.25) is 0 Å². The van der Waals surface area contributed by atoms with Gasteiger partial charge in [-0.1, -0.05) is 19.9 Å². The molecule has 5 heteroatoms. The van der Waals surface area contributed by atoms with Crippen LogP contribution in [0.3, 0.4) is 0 Å². The minimum absolute atomic E-state index is 0.0845. The van der Waals surface area contributed by atoms with Crippen molar-refractivity contribution in [2.45, 2.75) is 59.4 Å². The van der Waals surface area contributed by atoms with Gasteiger partial charge in [-0.05, 0) is 57.2 Å². The SMILES string of the molecule is Cc1cc(C)c(S(=O)(=O)N(CC(C)C)C(C)C)c(C)c1N. The van der Waals surface area contributed by atoms with Crippen molar-refractivity contribution in [2.24, 2.45) is 5.92 Å². The highest BCUT2D eigenvalue weighted by atomic mass is 32.2. The molecule has 0 aliphatic heterocycles. The van der Waals surface area contributed by atoms with Gasteiger partial charge in [-0.2, -0.15) is 4.31 Å². The minimum atomic E-state index is -3.54. The molecule has 4 nitrogen and oxygen atoms in total. The fourth-order valence-corrected chi connectivity index (χ4v) is 4.89. The van der Waals surface area contributed by atoms with E-state index in [-0.39, 0.29) is 12.0 Å². The summed E-state index contributed by atoms with van der Waals surface area (Å²) in [6.07, 6.45) is 0. The normalized spacial score (nSPS) is 12.7. The Morgan fingerprint density at radius 2 is 1.62 bits per heavy atom. The second kappa shape index (κ2) is 6.36. The molecule has 0 aliphatic carbocycles. The second-order valence-electron chi connectivity index (χ2n) is 6.44. The number of hydrogen-bond acceptors (Lipinski definition) is 3. The Labute approximate surface area is 129 Å². The van der Waals surface area contributed by atoms with Crippen LogP contribution in [-0.2, 0) is 10.0 Å². The van der Waals surface area contributed by atoms with E-state index in [0.717, 1.165) is 11.1 Å². The molecule has 0 radical (unpaired) electrons. The molecule has 0 amide bonds. The lowest BCUT2D eigenvalue weighted by Gasteiger charge is -2.29. The number of nitrogens with zero attached hydrogens (tertiary/aromatic N) is 1. The topological polar surface area (TPSA) is 63.4 Å². The number of benzene rings is 1. The number of sulfonamides is 1. The van der Waals surface area contributed by atoms with Crippen molar-refractivity contribution >= 4 is 15.7 Å². The lowest BCUT2D eigenvalue weighted by atomic mass is 10.1. The molecule has 0 saturated carbocycles. The second-order valence-corrected chi connectivity index (χ2v) is 8.27. The van der Waals surface area contributed by atoms with E-state index in [0.29, 0.717) is 22.7 Å². The van der Waals surface area contributed by atoms with Gasteiger partial charge in [0.25, 0.3) is 0 Å². The van der Waals surface area contributed by atoms with E-state index >= 15 is 0 Å². The molecule has 2 N–H and O–H groups in total. The maximum absolute atomic E-state index is 13.1. The number of nitrogen functional groups attached to an aromatic ring is 1. The van der Waals surface area contributed by atoms with Gasteiger partial charge < -0.3 is 5.73 Å². The van der Waals surface area contributed by atoms with E-state index in [1.165, 1.54) is 0 Å². The van der Waals surface area contributed by atoms with Gasteiger partial charge in [0.1, 0.15) is 0 Å². The molecule has 0 fully saturated rings. The summed E-state index contributed by atoms with van der Waals surface area (Å²) in [5, 5.41) is 0. The van der Waals surface area contributed by atoms with Gasteiger partial charge in [-0.25, -0.2) is 8.42 Å². The monoisotopic (exact) mass is 312 g/mol. The van der Waals surface area contributed by atoms with E-state index < -0.39 is 10.0 Å². The molecule has 0 bridgehead atoms. The molecule has 1 aromatic carbocycles. The van der Waals surface area contributed by atoms with Crippen LogP contribution in [0.4, 0.5) is 5.69 Å². The zero-order valence-corrected chi connectivity index (χ0v) is 15.0. The third kappa shape index (κ3) is 3.58. The first-order valence-corrected chi connectivity index (χ1v) is 8.82. The van der Waals surface area contributed by atoms with E-state index in [1.807, 2.05) is 47.6 Å². The Balaban J connectivity index is 3.53. The zero-order chi connectivity index (χ0) is 16.5. The highest BCUT2D eigenvalue weighted by Gasteiger charge is 2.31. The molecule has 0 heterocycles. The molecule has 0 aliphatic rings. The standard InChI is InChI=1S/C16H28N2O2S/c1-10(2)9-18(11(3)4)21(19,20)16-13(6)8-12(5)15(17)14(16)7/h8,10-11H,9,17H2,1-7H3. The van der Waals surface area contributed by atoms with Crippen LogP contribution in [0.15, 0.2) is 11.0 Å². The van der Waals surface area contributed by atoms with Crippen LogP contribution >= 0.6 is 0 Å². The Morgan fingerprint density at radius 3 is 2.05 bits per heavy atom. The van der Waals surface area contributed by atoms with Gasteiger partial charge in [-0.15, -0.1) is 0 Å². The number of aryl methyl sites for hydroxylation is 2. The van der Waals surface area contributed by atoms with Crippen LogP contribution in [0, 0.1) is 26.7 Å². The van der Waals surface area contributed by atoms with Gasteiger partial charge in [0.05, 0.1) is 4.90 Å². The van der Waals surface area contributed by atoms with Crippen molar-refractivity contribution in [3.05, 3.63) is 22.8 Å². The molecule has 1 rings (SSSR count). The molecule has 0 unspecified atom stereocenters. The van der Waals surface area contributed by atoms with Crippen LogP contribution in [0.25, 0.3) is 0 Å². The van der Waals surface area contributed by atoms with Gasteiger partial charge in [0.15, 0.2) is 0 Å². The Bertz CT molecular complexity index is 620. The van der Waals surface area contributed by atoms with E-state index in [4.69, 9.17) is 5.73 Å². The summed E-state index contributed by atoms with van der Waals surface area (Å²) in [5.74, 6) is 0.269. The van der Waals surface area contributed by atoms with E-state index in [2.05, 4.69) is 0 Å². The predicted molar refractivity (Wildman–Crippen MR) is 88.9 cm³/mol. The number of hydrogen-bond donors (Lipinski definition) is 1. The lowest BCUT2D eigenvalue weighted by Crippen LogP contribution is -2.40. The van der Waals surface area contributed by atoms with Crippen LogP contribution in [0.2, 0.25) is 0 Å². The fraction of sp³-hybridized carbons (Fsp3) is 0.625. The summed E-state index contributed by atoms with van der Waals surface area (Å²) in [4.78, 5) is 0.361. The van der Waals surface area contributed by atoms with E-state index in [1.54, 1.807) is 11.2 Å². The maximum Gasteiger partial charge on any atom is 0.243 e. The van der Waals surface area contributed by atoms with Crippen molar-refractivity contribution in [3.63, 3.8) is 0 Å². The minimum Gasteiger partial charge on any atom is -0.398 e.